The molecule has 0 N–H and O–H groups in total. The van der Waals surface area contributed by atoms with E-state index in [2.05, 4.69) is 27.4 Å². The Labute approximate surface area is 135 Å². The molecule has 0 spiro atoms. The van der Waals surface area contributed by atoms with E-state index in [9.17, 15) is 4.79 Å². The van der Waals surface area contributed by atoms with Crippen LogP contribution in [0.3, 0.4) is 0 Å². The molecule has 4 aliphatic carbocycles. The van der Waals surface area contributed by atoms with E-state index in [0.717, 1.165) is 12.3 Å². The minimum atomic E-state index is -0.202. The van der Waals surface area contributed by atoms with E-state index in [1.54, 1.807) is 0 Å². The second-order valence-electron chi connectivity index (χ2n) is 8.53. The second-order valence-corrected chi connectivity index (χ2v) is 8.53. The zero-order valence-electron chi connectivity index (χ0n) is 14.6. The fourth-order valence-corrected chi connectivity index (χ4v) is 6.62. The van der Waals surface area contributed by atoms with Crippen molar-refractivity contribution in [3.05, 3.63) is 12.7 Å². The fourth-order valence-electron chi connectivity index (χ4n) is 6.62. The highest BCUT2D eigenvalue weighted by Crippen LogP contribution is 2.66. The maximum Gasteiger partial charge on any atom is 0.330 e. The van der Waals surface area contributed by atoms with Crippen LogP contribution in [0.4, 0.5) is 0 Å². The summed E-state index contributed by atoms with van der Waals surface area (Å²) in [7, 11) is 0. The molecule has 0 aromatic heterocycles. The Morgan fingerprint density at radius 1 is 1.27 bits per heavy atom. The predicted molar refractivity (Wildman–Crippen MR) is 89.4 cm³/mol. The first kappa shape index (κ1) is 16.1. The van der Waals surface area contributed by atoms with Crippen molar-refractivity contribution in [2.75, 3.05) is 0 Å². The first-order chi connectivity index (χ1) is 10.5. The molecule has 2 heteroatoms. The van der Waals surface area contributed by atoms with Crippen LogP contribution in [0, 0.1) is 29.1 Å². The van der Waals surface area contributed by atoms with Crippen molar-refractivity contribution in [2.45, 2.75) is 77.7 Å². The lowest BCUT2D eigenvalue weighted by molar-refractivity contribution is -0.240. The van der Waals surface area contributed by atoms with Gasteiger partial charge in [-0.3, -0.25) is 0 Å². The largest absolute Gasteiger partial charge is 0.455 e. The van der Waals surface area contributed by atoms with Crippen molar-refractivity contribution in [1.82, 2.24) is 0 Å². The molecular weight excluding hydrogens is 272 g/mol. The topological polar surface area (TPSA) is 26.3 Å². The van der Waals surface area contributed by atoms with E-state index in [1.165, 1.54) is 51.0 Å². The summed E-state index contributed by atoms with van der Waals surface area (Å²) in [5.74, 6) is 2.33. The van der Waals surface area contributed by atoms with Gasteiger partial charge in [-0.1, -0.05) is 33.8 Å². The molecule has 0 saturated heterocycles. The van der Waals surface area contributed by atoms with Crippen molar-refractivity contribution in [3.63, 3.8) is 0 Å². The van der Waals surface area contributed by atoms with Crippen LogP contribution >= 0.6 is 0 Å². The average Bonchev–Trinajstić information content (AvgIpc) is 2.47. The van der Waals surface area contributed by atoms with Crippen LogP contribution < -0.4 is 0 Å². The molecule has 0 amide bonds. The third kappa shape index (κ3) is 2.34. The van der Waals surface area contributed by atoms with Crippen LogP contribution in [-0.2, 0) is 9.53 Å². The summed E-state index contributed by atoms with van der Waals surface area (Å²) in [5.41, 5.74) is 0.303. The Balaban J connectivity index is 1.98. The van der Waals surface area contributed by atoms with Crippen LogP contribution in [-0.4, -0.2) is 11.6 Å². The van der Waals surface area contributed by atoms with Gasteiger partial charge in [0, 0.05) is 17.9 Å². The minimum absolute atomic E-state index is 0.202. The van der Waals surface area contributed by atoms with Gasteiger partial charge in [0.25, 0.3) is 0 Å². The quantitative estimate of drug-likeness (QED) is 0.502. The van der Waals surface area contributed by atoms with Crippen LogP contribution in [0.15, 0.2) is 12.7 Å². The van der Waals surface area contributed by atoms with Gasteiger partial charge in [0.2, 0.25) is 0 Å². The van der Waals surface area contributed by atoms with Gasteiger partial charge in [-0.25, -0.2) is 4.79 Å². The smallest absolute Gasteiger partial charge is 0.330 e. The SMILES string of the molecule is C=CC(=O)OC1(C(CC)CCC)C2CC3CC1CC(C)(C3)C2. The Hall–Kier alpha value is -0.790. The van der Waals surface area contributed by atoms with E-state index in [-0.39, 0.29) is 11.6 Å². The molecule has 0 aromatic carbocycles. The third-order valence-electron chi connectivity index (χ3n) is 6.98. The summed E-state index contributed by atoms with van der Waals surface area (Å²) >= 11 is 0. The number of hydrogen-bond acceptors (Lipinski definition) is 2. The van der Waals surface area contributed by atoms with Gasteiger partial charge in [-0.2, -0.15) is 0 Å². The lowest BCUT2D eigenvalue weighted by atomic mass is 9.42. The number of esters is 1. The van der Waals surface area contributed by atoms with Gasteiger partial charge >= 0.3 is 5.97 Å². The predicted octanol–water partition coefficient (Wildman–Crippen LogP) is 5.13. The molecule has 0 aromatic rings. The van der Waals surface area contributed by atoms with Gasteiger partial charge in [0.15, 0.2) is 0 Å². The Bertz CT molecular complexity index is 437. The third-order valence-corrected chi connectivity index (χ3v) is 6.98. The number of ether oxygens (including phenoxy) is 1. The summed E-state index contributed by atoms with van der Waals surface area (Å²) in [4.78, 5) is 12.2. The monoisotopic (exact) mass is 304 g/mol. The zero-order chi connectivity index (χ0) is 16.0. The maximum absolute atomic E-state index is 12.2. The first-order valence-electron chi connectivity index (χ1n) is 9.32. The summed E-state index contributed by atoms with van der Waals surface area (Å²) in [6.45, 7) is 10.6. The van der Waals surface area contributed by atoms with Crippen LogP contribution in [0.2, 0.25) is 0 Å². The fraction of sp³-hybridized carbons (Fsp3) is 0.850. The van der Waals surface area contributed by atoms with E-state index in [4.69, 9.17) is 4.74 Å². The molecule has 3 unspecified atom stereocenters. The van der Waals surface area contributed by atoms with Gasteiger partial charge in [-0.15, -0.1) is 0 Å². The maximum atomic E-state index is 12.2. The average molecular weight is 304 g/mol. The van der Waals surface area contributed by atoms with Crippen LogP contribution in [0.25, 0.3) is 0 Å². The van der Waals surface area contributed by atoms with Crippen molar-refractivity contribution in [3.8, 4) is 0 Å². The van der Waals surface area contributed by atoms with E-state index in [0.29, 0.717) is 23.2 Å². The van der Waals surface area contributed by atoms with Gasteiger partial charge in [0.05, 0.1) is 0 Å². The number of hydrogen-bond donors (Lipinski definition) is 0. The van der Waals surface area contributed by atoms with Crippen molar-refractivity contribution >= 4 is 5.97 Å². The summed E-state index contributed by atoms with van der Waals surface area (Å²) in [6.07, 6.45) is 11.3. The molecule has 124 valence electrons. The lowest BCUT2D eigenvalue weighted by Crippen LogP contribution is -2.65. The number of rotatable bonds is 6. The Morgan fingerprint density at radius 2 is 1.91 bits per heavy atom. The summed E-state index contributed by atoms with van der Waals surface area (Å²) in [5, 5.41) is 0. The highest BCUT2D eigenvalue weighted by molar-refractivity contribution is 5.81. The molecule has 0 radical (unpaired) electrons. The molecule has 0 heterocycles. The number of carbonyl (C=O) groups is 1. The summed E-state index contributed by atoms with van der Waals surface area (Å²) in [6, 6.07) is 0. The Kier molecular flexibility index (Phi) is 4.16. The molecule has 3 atom stereocenters. The highest BCUT2D eigenvalue weighted by atomic mass is 16.6. The molecule has 4 aliphatic rings. The van der Waals surface area contributed by atoms with Gasteiger partial charge in [-0.05, 0) is 62.2 Å². The molecule has 4 rings (SSSR count). The summed E-state index contributed by atoms with van der Waals surface area (Å²) < 4.78 is 6.26. The molecule has 4 saturated carbocycles. The van der Waals surface area contributed by atoms with Crippen molar-refractivity contribution in [2.24, 2.45) is 29.1 Å². The molecule has 4 bridgehead atoms. The van der Waals surface area contributed by atoms with Crippen molar-refractivity contribution in [1.29, 1.82) is 0 Å². The minimum Gasteiger partial charge on any atom is -0.455 e. The van der Waals surface area contributed by atoms with Gasteiger partial charge in [0.1, 0.15) is 5.60 Å². The van der Waals surface area contributed by atoms with Gasteiger partial charge < -0.3 is 4.74 Å². The van der Waals surface area contributed by atoms with E-state index < -0.39 is 0 Å². The van der Waals surface area contributed by atoms with Crippen molar-refractivity contribution < 1.29 is 9.53 Å². The lowest BCUT2D eigenvalue weighted by Gasteiger charge is -2.65. The molecule has 2 nitrogen and oxygen atoms in total. The molecule has 22 heavy (non-hydrogen) atoms. The Morgan fingerprint density at radius 3 is 2.36 bits per heavy atom. The van der Waals surface area contributed by atoms with Crippen LogP contribution in [0.1, 0.15) is 72.1 Å². The molecule has 4 fully saturated rings. The number of carbonyl (C=O) groups excluding carboxylic acids is 1. The standard InChI is InChI=1S/C20H32O2/c1-5-8-15(6-2)20(22-18(21)7-3)16-9-14-10-17(20)13-19(4,11-14)12-16/h7,14-17H,3,5-6,8-13H2,1-2,4H3. The normalized spacial score (nSPS) is 43.9. The van der Waals surface area contributed by atoms with Crippen LogP contribution in [0.5, 0.6) is 0 Å². The van der Waals surface area contributed by atoms with E-state index in [1.807, 2.05) is 0 Å². The van der Waals surface area contributed by atoms with E-state index >= 15 is 0 Å². The second kappa shape index (κ2) is 5.69. The molecular formula is C20H32O2. The first-order valence-corrected chi connectivity index (χ1v) is 9.32. The molecule has 0 aliphatic heterocycles. The highest BCUT2D eigenvalue weighted by Gasteiger charge is 2.64. The zero-order valence-corrected chi connectivity index (χ0v) is 14.6.